The molecule has 2 unspecified atom stereocenters. The van der Waals surface area contributed by atoms with E-state index in [9.17, 15) is 9.59 Å². The number of piperidine rings is 1. The minimum atomic E-state index is -0.222. The average Bonchev–Trinajstić information content (AvgIpc) is 2.48. The molecule has 1 fully saturated rings. The van der Waals surface area contributed by atoms with Crippen molar-refractivity contribution in [3.8, 4) is 0 Å². The number of ether oxygens (including phenoxy) is 1. The second-order valence-corrected chi connectivity index (χ2v) is 6.67. The minimum Gasteiger partial charge on any atom is -0.375 e. The third-order valence-corrected chi connectivity index (χ3v) is 4.19. The summed E-state index contributed by atoms with van der Waals surface area (Å²) in [6, 6.07) is 5.45. The Balaban J connectivity index is 2.16. The molecule has 126 valence electrons. The molecule has 0 spiro atoms. The smallest absolute Gasteiger partial charge is 0.253 e. The van der Waals surface area contributed by atoms with Gasteiger partial charge in [0, 0.05) is 31.5 Å². The van der Waals surface area contributed by atoms with Gasteiger partial charge in [-0.1, -0.05) is 19.9 Å². The number of likely N-dealkylation sites (tertiary alicyclic amines) is 1. The van der Waals surface area contributed by atoms with Crippen LogP contribution in [-0.4, -0.2) is 43.5 Å². The molecular formula is C18H26N2O3. The third kappa shape index (κ3) is 4.55. The predicted molar refractivity (Wildman–Crippen MR) is 90.5 cm³/mol. The monoisotopic (exact) mass is 318 g/mol. The highest BCUT2D eigenvalue weighted by Gasteiger charge is 2.26. The fourth-order valence-corrected chi connectivity index (χ4v) is 3.22. The second-order valence-electron chi connectivity index (χ2n) is 6.67. The van der Waals surface area contributed by atoms with Gasteiger partial charge in [0.15, 0.2) is 0 Å². The van der Waals surface area contributed by atoms with Crippen molar-refractivity contribution in [2.24, 2.45) is 11.8 Å². The van der Waals surface area contributed by atoms with E-state index >= 15 is 0 Å². The summed E-state index contributed by atoms with van der Waals surface area (Å²) >= 11 is 0. The summed E-state index contributed by atoms with van der Waals surface area (Å²) in [5, 5.41) is 2.79. The third-order valence-electron chi connectivity index (χ3n) is 4.19. The number of rotatable bonds is 4. The zero-order valence-corrected chi connectivity index (χ0v) is 14.4. The van der Waals surface area contributed by atoms with E-state index < -0.39 is 0 Å². The number of hydrogen-bond acceptors (Lipinski definition) is 3. The molecule has 1 aromatic carbocycles. The Bertz CT molecular complexity index is 576. The largest absolute Gasteiger partial charge is 0.375 e. The molecule has 0 radical (unpaired) electrons. The first kappa shape index (κ1) is 17.5. The second kappa shape index (κ2) is 7.59. The van der Waals surface area contributed by atoms with Crippen molar-refractivity contribution >= 4 is 17.5 Å². The molecule has 1 saturated heterocycles. The summed E-state index contributed by atoms with van der Waals surface area (Å²) in [5.74, 6) is 0.856. The molecule has 0 bridgehead atoms. The van der Waals surface area contributed by atoms with Gasteiger partial charge in [0.05, 0.1) is 0 Å². The van der Waals surface area contributed by atoms with E-state index in [-0.39, 0.29) is 18.4 Å². The maximum Gasteiger partial charge on any atom is 0.253 e. The lowest BCUT2D eigenvalue weighted by molar-refractivity contribution is -0.119. The van der Waals surface area contributed by atoms with Crippen LogP contribution in [0.25, 0.3) is 0 Å². The zero-order valence-electron chi connectivity index (χ0n) is 14.4. The number of amides is 2. The van der Waals surface area contributed by atoms with Crippen molar-refractivity contribution in [3.05, 3.63) is 29.3 Å². The molecule has 1 aromatic rings. The van der Waals surface area contributed by atoms with E-state index in [4.69, 9.17) is 4.74 Å². The average molecular weight is 318 g/mol. The van der Waals surface area contributed by atoms with Crippen LogP contribution in [0.5, 0.6) is 0 Å². The maximum atomic E-state index is 12.8. The van der Waals surface area contributed by atoms with Crippen molar-refractivity contribution in [1.82, 2.24) is 4.90 Å². The number of benzene rings is 1. The maximum absolute atomic E-state index is 12.8. The van der Waals surface area contributed by atoms with Gasteiger partial charge in [0.25, 0.3) is 5.91 Å². The van der Waals surface area contributed by atoms with Crippen molar-refractivity contribution in [3.63, 3.8) is 0 Å². The molecule has 1 aliphatic heterocycles. The molecule has 23 heavy (non-hydrogen) atoms. The Labute approximate surface area is 138 Å². The summed E-state index contributed by atoms with van der Waals surface area (Å²) in [7, 11) is 1.48. The molecule has 0 aromatic heterocycles. The van der Waals surface area contributed by atoms with E-state index in [1.54, 1.807) is 6.07 Å². The molecule has 0 aliphatic carbocycles. The van der Waals surface area contributed by atoms with E-state index in [1.807, 2.05) is 24.0 Å². The fourth-order valence-electron chi connectivity index (χ4n) is 3.22. The van der Waals surface area contributed by atoms with Crippen LogP contribution in [0.2, 0.25) is 0 Å². The topological polar surface area (TPSA) is 58.6 Å². The molecule has 2 atom stereocenters. The van der Waals surface area contributed by atoms with Gasteiger partial charge in [-0.05, 0) is 42.9 Å². The molecule has 5 nitrogen and oxygen atoms in total. The number of aryl methyl sites for hydroxylation is 1. The molecule has 1 N–H and O–H groups in total. The fraction of sp³-hybridized carbons (Fsp3) is 0.556. The molecule has 1 heterocycles. The standard InChI is InChI=1S/C18H26N2O3/c1-12-7-13(2)10-20(9-12)18(22)15-6-5-14(3)16(8-15)19-17(21)11-23-4/h5-6,8,12-13H,7,9-11H2,1-4H3,(H,19,21). The van der Waals surface area contributed by atoms with Crippen molar-refractivity contribution in [2.45, 2.75) is 27.2 Å². The van der Waals surface area contributed by atoms with Gasteiger partial charge in [0.2, 0.25) is 5.91 Å². The summed E-state index contributed by atoms with van der Waals surface area (Å²) in [6.45, 7) is 7.86. The summed E-state index contributed by atoms with van der Waals surface area (Å²) in [5.41, 5.74) is 2.20. The number of nitrogens with one attached hydrogen (secondary N) is 1. The number of methoxy groups -OCH3 is 1. The highest BCUT2D eigenvalue weighted by Crippen LogP contribution is 2.24. The number of anilines is 1. The minimum absolute atomic E-state index is 0.00122. The Morgan fingerprint density at radius 1 is 1.26 bits per heavy atom. The van der Waals surface area contributed by atoms with Gasteiger partial charge in [-0.3, -0.25) is 9.59 Å². The van der Waals surface area contributed by atoms with E-state index in [1.165, 1.54) is 7.11 Å². The Morgan fingerprint density at radius 3 is 2.52 bits per heavy atom. The van der Waals surface area contributed by atoms with E-state index in [0.29, 0.717) is 23.1 Å². The van der Waals surface area contributed by atoms with Crippen LogP contribution in [0.15, 0.2) is 18.2 Å². The lowest BCUT2D eigenvalue weighted by Crippen LogP contribution is -2.42. The SMILES string of the molecule is COCC(=O)Nc1cc(C(=O)N2CC(C)CC(C)C2)ccc1C. The summed E-state index contributed by atoms with van der Waals surface area (Å²) in [6.07, 6.45) is 1.16. The Kier molecular flexibility index (Phi) is 5.77. The van der Waals surface area contributed by atoms with Crippen LogP contribution in [0, 0.1) is 18.8 Å². The number of carbonyl (C=O) groups is 2. The van der Waals surface area contributed by atoms with Crippen LogP contribution in [0.3, 0.4) is 0 Å². The first-order chi connectivity index (χ1) is 10.9. The van der Waals surface area contributed by atoms with Crippen molar-refractivity contribution < 1.29 is 14.3 Å². The van der Waals surface area contributed by atoms with Gasteiger partial charge in [-0.25, -0.2) is 0 Å². The quantitative estimate of drug-likeness (QED) is 0.928. The van der Waals surface area contributed by atoms with Crippen molar-refractivity contribution in [2.75, 3.05) is 32.1 Å². The zero-order chi connectivity index (χ0) is 17.0. The lowest BCUT2D eigenvalue weighted by Gasteiger charge is -2.35. The molecule has 2 amide bonds. The van der Waals surface area contributed by atoms with Gasteiger partial charge in [-0.15, -0.1) is 0 Å². The van der Waals surface area contributed by atoms with Crippen LogP contribution in [-0.2, 0) is 9.53 Å². The molecule has 0 saturated carbocycles. The van der Waals surface area contributed by atoms with Crippen LogP contribution in [0.1, 0.15) is 36.2 Å². The molecule has 1 aliphatic rings. The Hall–Kier alpha value is -1.88. The number of carbonyl (C=O) groups excluding carboxylic acids is 2. The van der Waals surface area contributed by atoms with E-state index in [0.717, 1.165) is 25.1 Å². The van der Waals surface area contributed by atoms with E-state index in [2.05, 4.69) is 19.2 Å². The highest BCUT2D eigenvalue weighted by atomic mass is 16.5. The van der Waals surface area contributed by atoms with Crippen LogP contribution in [0.4, 0.5) is 5.69 Å². The van der Waals surface area contributed by atoms with Crippen molar-refractivity contribution in [1.29, 1.82) is 0 Å². The highest BCUT2D eigenvalue weighted by molar-refractivity contribution is 5.98. The van der Waals surface area contributed by atoms with Crippen LogP contribution < -0.4 is 5.32 Å². The van der Waals surface area contributed by atoms with Gasteiger partial charge in [-0.2, -0.15) is 0 Å². The first-order valence-electron chi connectivity index (χ1n) is 8.09. The number of hydrogen-bond donors (Lipinski definition) is 1. The summed E-state index contributed by atoms with van der Waals surface area (Å²) < 4.78 is 4.82. The van der Waals surface area contributed by atoms with Gasteiger partial charge in [0.1, 0.15) is 6.61 Å². The number of nitrogens with zero attached hydrogens (tertiary/aromatic N) is 1. The summed E-state index contributed by atoms with van der Waals surface area (Å²) in [4.78, 5) is 26.4. The Morgan fingerprint density at radius 2 is 1.91 bits per heavy atom. The lowest BCUT2D eigenvalue weighted by atomic mass is 9.91. The molecule has 5 heteroatoms. The molecule has 2 rings (SSSR count). The van der Waals surface area contributed by atoms with Crippen LogP contribution >= 0.6 is 0 Å². The predicted octanol–water partition coefficient (Wildman–Crippen LogP) is 2.70. The normalized spacial score (nSPS) is 21.1. The first-order valence-corrected chi connectivity index (χ1v) is 8.09. The van der Waals surface area contributed by atoms with Gasteiger partial charge < -0.3 is 15.0 Å². The molecular weight excluding hydrogens is 292 g/mol. The van der Waals surface area contributed by atoms with Gasteiger partial charge >= 0.3 is 0 Å².